The van der Waals surface area contributed by atoms with Crippen LogP contribution < -0.4 is 10.1 Å². The zero-order valence-corrected chi connectivity index (χ0v) is 11.5. The summed E-state index contributed by atoms with van der Waals surface area (Å²) in [5, 5.41) is 12.1. The fraction of sp³-hybridized carbons (Fsp3) is 0.562. The van der Waals surface area contributed by atoms with Gasteiger partial charge < -0.3 is 14.8 Å². The average molecular weight is 272 g/mol. The van der Waals surface area contributed by atoms with Crippen LogP contribution in [0, 0.1) is 17.2 Å². The molecule has 1 heterocycles. The topological polar surface area (TPSA) is 54.3 Å². The molecule has 2 fully saturated rings. The zero-order chi connectivity index (χ0) is 13.8. The van der Waals surface area contributed by atoms with Crippen molar-refractivity contribution in [2.75, 3.05) is 13.2 Å². The van der Waals surface area contributed by atoms with Gasteiger partial charge in [-0.25, -0.2) is 0 Å². The van der Waals surface area contributed by atoms with Crippen LogP contribution in [0.25, 0.3) is 0 Å². The van der Waals surface area contributed by atoms with Gasteiger partial charge in [-0.2, -0.15) is 5.26 Å². The molecule has 2 atom stereocenters. The third-order valence-electron chi connectivity index (χ3n) is 3.99. The van der Waals surface area contributed by atoms with Gasteiger partial charge in [-0.15, -0.1) is 0 Å². The lowest BCUT2D eigenvalue weighted by Crippen LogP contribution is -2.37. The van der Waals surface area contributed by atoms with E-state index in [1.54, 1.807) is 0 Å². The quantitative estimate of drug-likeness (QED) is 0.863. The second-order valence-corrected chi connectivity index (χ2v) is 5.54. The Hall–Kier alpha value is -1.57. The van der Waals surface area contributed by atoms with Gasteiger partial charge in [0.2, 0.25) is 0 Å². The Kier molecular flexibility index (Phi) is 4.19. The molecule has 1 aromatic carbocycles. The summed E-state index contributed by atoms with van der Waals surface area (Å²) >= 11 is 0. The number of nitriles is 1. The standard InChI is InChI=1S/C16H20N2O2/c17-7-9-19-14-3-1-2-12(10-14)11-18-15-6-8-20-16(15)13-4-5-13/h1-3,10,13,15-16,18H,4-6,8-9,11H2. The van der Waals surface area contributed by atoms with E-state index >= 15 is 0 Å². The Balaban J connectivity index is 1.53. The monoisotopic (exact) mass is 272 g/mol. The third-order valence-corrected chi connectivity index (χ3v) is 3.99. The molecule has 0 amide bonds. The van der Waals surface area contributed by atoms with Gasteiger partial charge in [0.05, 0.1) is 6.10 Å². The van der Waals surface area contributed by atoms with Gasteiger partial charge in [0.15, 0.2) is 6.61 Å². The second kappa shape index (κ2) is 6.25. The molecule has 2 aliphatic rings. The number of nitrogens with one attached hydrogen (secondary N) is 1. The molecule has 20 heavy (non-hydrogen) atoms. The lowest BCUT2D eigenvalue weighted by atomic mass is 10.1. The van der Waals surface area contributed by atoms with Crippen molar-refractivity contribution in [1.29, 1.82) is 5.26 Å². The Labute approximate surface area is 119 Å². The highest BCUT2D eigenvalue weighted by atomic mass is 16.5. The number of benzene rings is 1. The third kappa shape index (κ3) is 3.30. The first-order chi connectivity index (χ1) is 9.86. The van der Waals surface area contributed by atoms with Crippen molar-refractivity contribution in [2.24, 2.45) is 5.92 Å². The van der Waals surface area contributed by atoms with Crippen LogP contribution >= 0.6 is 0 Å². The molecule has 1 aromatic rings. The molecule has 1 saturated carbocycles. The highest BCUT2D eigenvalue weighted by Gasteiger charge is 2.40. The van der Waals surface area contributed by atoms with Crippen LogP contribution in [-0.2, 0) is 11.3 Å². The largest absolute Gasteiger partial charge is 0.479 e. The van der Waals surface area contributed by atoms with Crippen molar-refractivity contribution >= 4 is 0 Å². The maximum atomic E-state index is 8.53. The predicted molar refractivity (Wildman–Crippen MR) is 75.3 cm³/mol. The Morgan fingerprint density at radius 3 is 3.05 bits per heavy atom. The summed E-state index contributed by atoms with van der Waals surface area (Å²) < 4.78 is 11.2. The molecule has 0 spiro atoms. The van der Waals surface area contributed by atoms with E-state index in [2.05, 4.69) is 11.4 Å². The smallest absolute Gasteiger partial charge is 0.174 e. The molecule has 1 aliphatic carbocycles. The summed E-state index contributed by atoms with van der Waals surface area (Å²) in [7, 11) is 0. The maximum Gasteiger partial charge on any atom is 0.174 e. The first-order valence-corrected chi connectivity index (χ1v) is 7.30. The molecule has 2 unspecified atom stereocenters. The van der Waals surface area contributed by atoms with Crippen LogP contribution in [-0.4, -0.2) is 25.4 Å². The average Bonchev–Trinajstić information content (AvgIpc) is 3.22. The van der Waals surface area contributed by atoms with Crippen molar-refractivity contribution in [3.05, 3.63) is 29.8 Å². The number of hydrogen-bond acceptors (Lipinski definition) is 4. The lowest BCUT2D eigenvalue weighted by Gasteiger charge is -2.19. The normalized spacial score (nSPS) is 25.4. The van der Waals surface area contributed by atoms with E-state index in [4.69, 9.17) is 14.7 Å². The minimum absolute atomic E-state index is 0.0943. The SMILES string of the molecule is N#CCOc1cccc(CNC2CCOC2C2CC2)c1. The number of ether oxygens (including phenoxy) is 2. The van der Waals surface area contributed by atoms with Gasteiger partial charge in [0.1, 0.15) is 11.8 Å². The van der Waals surface area contributed by atoms with Crippen molar-refractivity contribution in [3.8, 4) is 11.8 Å². The summed E-state index contributed by atoms with van der Waals surface area (Å²) in [6.07, 6.45) is 4.15. The number of rotatable bonds is 6. The molecule has 1 N–H and O–H groups in total. The van der Waals surface area contributed by atoms with Crippen LogP contribution in [0.4, 0.5) is 0 Å². The van der Waals surface area contributed by atoms with Gasteiger partial charge in [0, 0.05) is 19.2 Å². The predicted octanol–water partition coefficient (Wildman–Crippen LogP) is 2.25. The minimum atomic E-state index is 0.0943. The zero-order valence-electron chi connectivity index (χ0n) is 11.5. The van der Waals surface area contributed by atoms with Gasteiger partial charge in [-0.3, -0.25) is 0 Å². The molecular weight excluding hydrogens is 252 g/mol. The summed E-state index contributed by atoms with van der Waals surface area (Å²) in [6, 6.07) is 10.4. The van der Waals surface area contributed by atoms with Crippen LogP contribution in [0.5, 0.6) is 5.75 Å². The van der Waals surface area contributed by atoms with E-state index in [1.807, 2.05) is 24.3 Å². The van der Waals surface area contributed by atoms with E-state index in [-0.39, 0.29) is 6.61 Å². The molecule has 0 aromatic heterocycles. The summed E-state index contributed by atoms with van der Waals surface area (Å²) in [5.41, 5.74) is 1.18. The molecule has 1 saturated heterocycles. The highest BCUT2D eigenvalue weighted by molar-refractivity contribution is 5.28. The number of nitrogens with zero attached hydrogens (tertiary/aromatic N) is 1. The molecule has 3 rings (SSSR count). The summed E-state index contributed by atoms with van der Waals surface area (Å²) in [6.45, 7) is 1.79. The summed E-state index contributed by atoms with van der Waals surface area (Å²) in [5.74, 6) is 1.53. The fourth-order valence-corrected chi connectivity index (χ4v) is 2.83. The highest BCUT2D eigenvalue weighted by Crippen LogP contribution is 2.38. The van der Waals surface area contributed by atoms with Gasteiger partial charge in [-0.1, -0.05) is 12.1 Å². The molecule has 0 radical (unpaired) electrons. The van der Waals surface area contributed by atoms with Crippen LogP contribution in [0.15, 0.2) is 24.3 Å². The van der Waals surface area contributed by atoms with Gasteiger partial charge in [-0.05, 0) is 42.9 Å². The van der Waals surface area contributed by atoms with Gasteiger partial charge >= 0.3 is 0 Å². The lowest BCUT2D eigenvalue weighted by molar-refractivity contribution is 0.0809. The van der Waals surface area contributed by atoms with Crippen molar-refractivity contribution in [2.45, 2.75) is 38.0 Å². The molecule has 0 bridgehead atoms. The Morgan fingerprint density at radius 1 is 1.35 bits per heavy atom. The Morgan fingerprint density at radius 2 is 2.25 bits per heavy atom. The van der Waals surface area contributed by atoms with Crippen LogP contribution in [0.3, 0.4) is 0 Å². The van der Waals surface area contributed by atoms with Crippen molar-refractivity contribution < 1.29 is 9.47 Å². The van der Waals surface area contributed by atoms with Crippen molar-refractivity contribution in [3.63, 3.8) is 0 Å². The molecule has 4 heteroatoms. The van der Waals surface area contributed by atoms with Gasteiger partial charge in [0.25, 0.3) is 0 Å². The molecule has 106 valence electrons. The van der Waals surface area contributed by atoms with Crippen molar-refractivity contribution in [1.82, 2.24) is 5.32 Å². The Bertz CT molecular complexity index is 493. The first-order valence-electron chi connectivity index (χ1n) is 7.30. The maximum absolute atomic E-state index is 8.53. The van der Waals surface area contributed by atoms with E-state index in [1.165, 1.54) is 18.4 Å². The van der Waals surface area contributed by atoms with Crippen LogP contribution in [0.2, 0.25) is 0 Å². The van der Waals surface area contributed by atoms with E-state index in [0.29, 0.717) is 12.1 Å². The molecule has 1 aliphatic heterocycles. The summed E-state index contributed by atoms with van der Waals surface area (Å²) in [4.78, 5) is 0. The fourth-order valence-electron chi connectivity index (χ4n) is 2.83. The molecule has 4 nitrogen and oxygen atoms in total. The number of hydrogen-bond donors (Lipinski definition) is 1. The van der Waals surface area contributed by atoms with E-state index < -0.39 is 0 Å². The first kappa shape index (κ1) is 13.4. The van der Waals surface area contributed by atoms with E-state index in [9.17, 15) is 0 Å². The van der Waals surface area contributed by atoms with E-state index in [0.717, 1.165) is 31.2 Å². The minimum Gasteiger partial charge on any atom is -0.479 e. The second-order valence-electron chi connectivity index (χ2n) is 5.54. The van der Waals surface area contributed by atoms with Crippen LogP contribution in [0.1, 0.15) is 24.8 Å². The molecular formula is C16H20N2O2.